The third kappa shape index (κ3) is 9.73. The number of ether oxygens (including phenoxy) is 2. The summed E-state index contributed by atoms with van der Waals surface area (Å²) in [6, 6.07) is 23.8. The SMILES string of the molecule is COc1ccc(N(c2cccc(C(=O)N[C@@H](Cc3ccccc3)[C@@H](CNCc3cccc(C(F)(F)F)c3)OC=O)c2N2CCCC2=O)S(C)(=O)=O)cc1. The number of anilines is 3. The monoisotopic (exact) mass is 752 g/mol. The molecular formula is C38H39F3N4O7S. The van der Waals surface area contributed by atoms with E-state index >= 15 is 0 Å². The highest BCUT2D eigenvalue weighted by Crippen LogP contribution is 2.41. The highest BCUT2D eigenvalue weighted by Gasteiger charge is 2.35. The van der Waals surface area contributed by atoms with Crippen LogP contribution in [0.15, 0.2) is 97.1 Å². The molecule has 0 unspecified atom stereocenters. The van der Waals surface area contributed by atoms with Gasteiger partial charge in [0.1, 0.15) is 11.9 Å². The summed E-state index contributed by atoms with van der Waals surface area (Å²) in [5.41, 5.74) is 0.722. The molecule has 1 aliphatic rings. The summed E-state index contributed by atoms with van der Waals surface area (Å²) in [5.74, 6) is -0.481. The molecule has 1 aliphatic heterocycles. The highest BCUT2D eigenvalue weighted by atomic mass is 32.2. The molecule has 1 saturated heterocycles. The Kier molecular flexibility index (Phi) is 12.4. The molecule has 0 saturated carbocycles. The van der Waals surface area contributed by atoms with Crippen LogP contribution in [0, 0.1) is 0 Å². The topological polar surface area (TPSA) is 134 Å². The molecule has 2 amide bonds. The minimum absolute atomic E-state index is 0.000230. The molecule has 11 nitrogen and oxygen atoms in total. The third-order valence-corrected chi connectivity index (χ3v) is 9.75. The van der Waals surface area contributed by atoms with Gasteiger partial charge in [-0.3, -0.25) is 14.4 Å². The Hall–Kier alpha value is -5.41. The van der Waals surface area contributed by atoms with E-state index in [0.717, 1.165) is 28.3 Å². The number of amides is 2. The van der Waals surface area contributed by atoms with Crippen LogP contribution in [-0.2, 0) is 43.5 Å². The first kappa shape index (κ1) is 38.8. The second-order valence-electron chi connectivity index (χ2n) is 12.4. The fourth-order valence-electron chi connectivity index (χ4n) is 6.24. The molecule has 280 valence electrons. The fourth-order valence-corrected chi connectivity index (χ4v) is 7.25. The lowest BCUT2D eigenvalue weighted by molar-refractivity contribution is -0.137. The minimum atomic E-state index is -4.52. The van der Waals surface area contributed by atoms with Gasteiger partial charge >= 0.3 is 6.18 Å². The minimum Gasteiger partial charge on any atom is -0.497 e. The van der Waals surface area contributed by atoms with Gasteiger partial charge < -0.3 is 25.0 Å². The number of benzene rings is 4. The maximum atomic E-state index is 14.4. The van der Waals surface area contributed by atoms with Crippen LogP contribution in [0.4, 0.5) is 30.2 Å². The average Bonchev–Trinajstić information content (AvgIpc) is 3.56. The summed E-state index contributed by atoms with van der Waals surface area (Å²) in [5, 5.41) is 5.98. The summed E-state index contributed by atoms with van der Waals surface area (Å²) in [4.78, 5) is 40.8. The standard InChI is InChI=1S/C38H39F3N4O7S/c1-51-30-18-16-29(17-19-30)45(53(2,49)50)33-14-7-13-31(36(33)44-20-8-15-35(44)47)37(48)43-32(22-26-9-4-3-5-10-26)34(52-25-46)24-42-23-27-11-6-12-28(21-27)38(39,40)41/h3-7,9-14,16-19,21,25,32,34,42H,8,15,20,22-24H2,1-2H3,(H,43,48)/t32-,34+/m0/s1. The van der Waals surface area contributed by atoms with Crippen LogP contribution in [0.1, 0.15) is 39.9 Å². The van der Waals surface area contributed by atoms with Crippen LogP contribution in [0.2, 0.25) is 0 Å². The van der Waals surface area contributed by atoms with Gasteiger partial charge in [0, 0.05) is 26.1 Å². The van der Waals surface area contributed by atoms with Crippen LogP contribution >= 0.6 is 0 Å². The Labute approximate surface area is 305 Å². The van der Waals surface area contributed by atoms with E-state index in [1.165, 1.54) is 42.3 Å². The van der Waals surface area contributed by atoms with Crippen molar-refractivity contribution in [2.45, 2.75) is 44.1 Å². The number of sulfonamides is 1. The highest BCUT2D eigenvalue weighted by molar-refractivity contribution is 7.92. The summed E-state index contributed by atoms with van der Waals surface area (Å²) in [7, 11) is -2.56. The molecule has 53 heavy (non-hydrogen) atoms. The van der Waals surface area contributed by atoms with Gasteiger partial charge in [0.25, 0.3) is 12.4 Å². The maximum absolute atomic E-state index is 14.4. The van der Waals surface area contributed by atoms with Crippen molar-refractivity contribution in [3.8, 4) is 5.75 Å². The molecule has 0 aromatic heterocycles. The number of methoxy groups -OCH3 is 1. The Bertz CT molecular complexity index is 2010. The van der Waals surface area contributed by atoms with Gasteiger partial charge in [-0.25, -0.2) is 12.7 Å². The Morgan fingerprint density at radius 1 is 0.981 bits per heavy atom. The van der Waals surface area contributed by atoms with E-state index in [4.69, 9.17) is 9.47 Å². The number of nitrogens with one attached hydrogen (secondary N) is 2. The molecule has 0 radical (unpaired) electrons. The normalized spacial score (nSPS) is 14.4. The number of halogens is 3. The number of hydrogen-bond donors (Lipinski definition) is 2. The second-order valence-corrected chi connectivity index (χ2v) is 14.2. The van der Waals surface area contributed by atoms with Crippen LogP contribution in [0.5, 0.6) is 5.75 Å². The molecule has 0 aliphatic carbocycles. The average molecular weight is 753 g/mol. The van der Waals surface area contributed by atoms with Crippen molar-refractivity contribution in [2.24, 2.45) is 0 Å². The van der Waals surface area contributed by atoms with E-state index in [1.807, 2.05) is 18.2 Å². The largest absolute Gasteiger partial charge is 0.497 e. The molecule has 0 spiro atoms. The predicted octanol–water partition coefficient (Wildman–Crippen LogP) is 5.61. The molecule has 15 heteroatoms. The van der Waals surface area contributed by atoms with E-state index in [0.29, 0.717) is 17.7 Å². The van der Waals surface area contributed by atoms with E-state index in [9.17, 15) is 36.0 Å². The zero-order valence-electron chi connectivity index (χ0n) is 29.0. The fraction of sp³-hybridized carbons (Fsp3) is 0.289. The summed E-state index contributed by atoms with van der Waals surface area (Å²) >= 11 is 0. The Balaban J connectivity index is 1.51. The maximum Gasteiger partial charge on any atom is 0.416 e. The summed E-state index contributed by atoms with van der Waals surface area (Å²) < 4.78 is 78.5. The number of rotatable bonds is 16. The van der Waals surface area contributed by atoms with Crippen molar-refractivity contribution >= 4 is 45.4 Å². The Morgan fingerprint density at radius 3 is 2.30 bits per heavy atom. The molecule has 2 N–H and O–H groups in total. The molecule has 1 fully saturated rings. The van der Waals surface area contributed by atoms with Gasteiger partial charge in [-0.1, -0.05) is 54.6 Å². The first-order valence-electron chi connectivity index (χ1n) is 16.7. The molecule has 4 aromatic rings. The third-order valence-electron chi connectivity index (χ3n) is 8.68. The summed E-state index contributed by atoms with van der Waals surface area (Å²) in [6.45, 7) is 0.420. The van der Waals surface area contributed by atoms with Crippen molar-refractivity contribution in [3.63, 3.8) is 0 Å². The van der Waals surface area contributed by atoms with Crippen molar-refractivity contribution < 1.29 is 45.4 Å². The molecule has 1 heterocycles. The lowest BCUT2D eigenvalue weighted by Crippen LogP contribution is -2.50. The molecule has 5 rings (SSSR count). The molecule has 2 atom stereocenters. The number of carbonyl (C=O) groups is 3. The van der Waals surface area contributed by atoms with Crippen molar-refractivity contribution in [2.75, 3.05) is 35.7 Å². The second kappa shape index (κ2) is 16.9. The van der Waals surface area contributed by atoms with Crippen LogP contribution < -0.4 is 24.6 Å². The van der Waals surface area contributed by atoms with Crippen LogP contribution in [0.25, 0.3) is 0 Å². The number of carbonyl (C=O) groups excluding carboxylic acids is 3. The van der Waals surface area contributed by atoms with Crippen LogP contribution in [-0.4, -0.2) is 65.3 Å². The number of alkyl halides is 3. The number of para-hydroxylation sites is 1. The first-order valence-corrected chi connectivity index (χ1v) is 18.5. The quantitative estimate of drug-likeness (QED) is 0.141. The van der Waals surface area contributed by atoms with Gasteiger partial charge in [-0.15, -0.1) is 0 Å². The van der Waals surface area contributed by atoms with Crippen LogP contribution in [0.3, 0.4) is 0 Å². The molecule has 4 aromatic carbocycles. The first-order chi connectivity index (χ1) is 25.3. The van der Waals surface area contributed by atoms with Gasteiger partial charge in [0.2, 0.25) is 15.9 Å². The predicted molar refractivity (Wildman–Crippen MR) is 193 cm³/mol. The summed E-state index contributed by atoms with van der Waals surface area (Å²) in [6.07, 6.45) is -3.65. The Morgan fingerprint density at radius 2 is 1.68 bits per heavy atom. The van der Waals surface area contributed by atoms with E-state index in [2.05, 4.69) is 10.6 Å². The molecular weight excluding hydrogens is 714 g/mol. The van der Waals surface area contributed by atoms with Crippen molar-refractivity contribution in [1.82, 2.24) is 10.6 Å². The van der Waals surface area contributed by atoms with E-state index in [-0.39, 0.29) is 67.5 Å². The van der Waals surface area contributed by atoms with Crippen molar-refractivity contribution in [1.29, 1.82) is 0 Å². The van der Waals surface area contributed by atoms with Gasteiger partial charge in [0.05, 0.1) is 47.6 Å². The van der Waals surface area contributed by atoms with Gasteiger partial charge in [0.15, 0.2) is 0 Å². The van der Waals surface area contributed by atoms with Crippen molar-refractivity contribution in [3.05, 3.63) is 119 Å². The van der Waals surface area contributed by atoms with Gasteiger partial charge in [-0.05, 0) is 66.4 Å². The lowest BCUT2D eigenvalue weighted by atomic mass is 9.99. The van der Waals surface area contributed by atoms with E-state index < -0.39 is 39.8 Å². The number of hydrogen-bond acceptors (Lipinski definition) is 8. The van der Waals surface area contributed by atoms with Gasteiger partial charge in [-0.2, -0.15) is 13.2 Å². The van der Waals surface area contributed by atoms with E-state index in [1.54, 1.807) is 36.4 Å². The lowest BCUT2D eigenvalue weighted by Gasteiger charge is -2.31. The zero-order chi connectivity index (χ0) is 38.2. The molecule has 0 bridgehead atoms. The zero-order valence-corrected chi connectivity index (χ0v) is 29.8. The smallest absolute Gasteiger partial charge is 0.416 e. The number of nitrogens with zero attached hydrogens (tertiary/aromatic N) is 2.